The predicted octanol–water partition coefficient (Wildman–Crippen LogP) is 3.58. The van der Waals surface area contributed by atoms with Gasteiger partial charge in [-0.15, -0.1) is 0 Å². The van der Waals surface area contributed by atoms with Gasteiger partial charge >= 0.3 is 0 Å². The highest BCUT2D eigenvalue weighted by Gasteiger charge is 2.39. The molecule has 3 aliphatic rings. The number of ketones is 1. The number of carbonyl (C=O) groups excluding carboxylic acids is 2. The lowest BCUT2D eigenvalue weighted by Gasteiger charge is -2.31. The number of hydrogen-bond acceptors (Lipinski definition) is 5. The van der Waals surface area contributed by atoms with Gasteiger partial charge in [0.15, 0.2) is 5.78 Å². The molecule has 5 rings (SSSR count). The van der Waals surface area contributed by atoms with E-state index in [9.17, 15) is 9.59 Å². The van der Waals surface area contributed by atoms with Gasteiger partial charge in [-0.2, -0.15) is 0 Å². The molecule has 2 heterocycles. The van der Waals surface area contributed by atoms with E-state index in [1.54, 1.807) is 6.07 Å². The van der Waals surface area contributed by atoms with Crippen LogP contribution in [0.1, 0.15) is 83.6 Å². The zero-order chi connectivity index (χ0) is 23.5. The summed E-state index contributed by atoms with van der Waals surface area (Å²) in [5, 5.41) is 3.36. The lowest BCUT2D eigenvalue weighted by molar-refractivity contribution is 0.0900. The van der Waals surface area contributed by atoms with E-state index in [2.05, 4.69) is 19.2 Å². The number of fused-ring (bicyclic) bond motifs is 3. The maximum atomic E-state index is 15.3. The van der Waals surface area contributed by atoms with Crippen LogP contribution >= 0.6 is 0 Å². The third-order valence-corrected chi connectivity index (χ3v) is 7.24. The van der Waals surface area contributed by atoms with Gasteiger partial charge < -0.3 is 26.1 Å². The van der Waals surface area contributed by atoms with Gasteiger partial charge in [0.25, 0.3) is 5.91 Å². The molecule has 176 valence electrons. The number of nitrogens with zero attached hydrogens (tertiary/aromatic N) is 1. The summed E-state index contributed by atoms with van der Waals surface area (Å²) in [6.07, 6.45) is 4.61. The molecule has 5 N–H and O–H groups in total. The Morgan fingerprint density at radius 2 is 1.88 bits per heavy atom. The Hall–Kier alpha value is -2.71. The number of hydrogen-bond donors (Lipinski definition) is 3. The van der Waals surface area contributed by atoms with Gasteiger partial charge in [0.2, 0.25) is 0 Å². The molecule has 0 saturated heterocycles. The molecule has 2 aromatic rings. The minimum atomic E-state index is -0.812. The van der Waals surface area contributed by atoms with Crippen LogP contribution in [0.4, 0.5) is 10.1 Å². The van der Waals surface area contributed by atoms with Crippen molar-refractivity contribution >= 4 is 17.4 Å². The molecule has 1 saturated carbocycles. The molecule has 8 heteroatoms. The average Bonchev–Trinajstić information content (AvgIpc) is 3.28. The van der Waals surface area contributed by atoms with Gasteiger partial charge in [0.1, 0.15) is 5.82 Å². The molecular formula is C25H31FN4O3. The number of primary amides is 1. The maximum Gasteiger partial charge on any atom is 0.253 e. The number of Topliss-reactive ketones (excluding diaryl/α,β-unsaturated/α-hetero) is 1. The van der Waals surface area contributed by atoms with Crippen LogP contribution < -0.4 is 16.8 Å². The van der Waals surface area contributed by atoms with Gasteiger partial charge in [-0.1, -0.05) is 13.8 Å². The fourth-order valence-corrected chi connectivity index (χ4v) is 5.70. The molecular weight excluding hydrogens is 423 g/mol. The van der Waals surface area contributed by atoms with Gasteiger partial charge in [-0.25, -0.2) is 4.39 Å². The number of halogens is 1. The van der Waals surface area contributed by atoms with Crippen molar-refractivity contribution in [3.8, 4) is 5.69 Å². The summed E-state index contributed by atoms with van der Waals surface area (Å²) >= 11 is 0. The van der Waals surface area contributed by atoms with Gasteiger partial charge in [-0.05, 0) is 49.7 Å². The van der Waals surface area contributed by atoms with E-state index in [1.165, 1.54) is 6.07 Å². The Bertz CT molecular complexity index is 1150. The van der Waals surface area contributed by atoms with E-state index in [0.29, 0.717) is 37.4 Å². The maximum absolute atomic E-state index is 15.3. The van der Waals surface area contributed by atoms with Crippen LogP contribution in [0.2, 0.25) is 0 Å². The summed E-state index contributed by atoms with van der Waals surface area (Å²) in [7, 11) is 0. The van der Waals surface area contributed by atoms with Gasteiger partial charge in [-0.3, -0.25) is 9.59 Å². The molecule has 1 aliphatic heterocycles. The quantitative estimate of drug-likeness (QED) is 0.654. The first-order valence-corrected chi connectivity index (χ1v) is 11.7. The minimum absolute atomic E-state index is 0.0886. The molecule has 0 spiro atoms. The monoisotopic (exact) mass is 454 g/mol. The SMILES string of the molecule is CC1(C)CC(=O)c2c3c(n(-c4cc(F)c(C(N)=O)c(NC5CCC(N)CC5)c4)c2C1)COC3. The highest BCUT2D eigenvalue weighted by molar-refractivity contribution is 6.01. The molecule has 0 unspecified atom stereocenters. The molecule has 1 aromatic heterocycles. The van der Waals surface area contributed by atoms with Crippen molar-refractivity contribution in [1.82, 2.24) is 4.57 Å². The molecule has 33 heavy (non-hydrogen) atoms. The number of anilines is 1. The Kier molecular flexibility index (Phi) is 5.33. The highest BCUT2D eigenvalue weighted by atomic mass is 19.1. The first-order chi connectivity index (χ1) is 15.6. The topological polar surface area (TPSA) is 112 Å². The smallest absolute Gasteiger partial charge is 0.253 e. The van der Waals surface area contributed by atoms with Crippen molar-refractivity contribution in [3.63, 3.8) is 0 Å². The summed E-state index contributed by atoms with van der Waals surface area (Å²) in [5.74, 6) is -1.38. The Balaban J connectivity index is 1.64. The van der Waals surface area contributed by atoms with E-state index in [-0.39, 0.29) is 28.8 Å². The zero-order valence-electron chi connectivity index (χ0n) is 19.2. The molecule has 1 amide bonds. The zero-order valence-corrected chi connectivity index (χ0v) is 19.2. The van der Waals surface area contributed by atoms with Gasteiger partial charge in [0, 0.05) is 35.3 Å². The van der Waals surface area contributed by atoms with Crippen LogP contribution in [0, 0.1) is 11.2 Å². The largest absolute Gasteiger partial charge is 0.382 e. The third kappa shape index (κ3) is 3.85. The van der Waals surface area contributed by atoms with Crippen molar-refractivity contribution in [1.29, 1.82) is 0 Å². The summed E-state index contributed by atoms with van der Waals surface area (Å²) in [6.45, 7) is 4.89. The second-order valence-electron chi connectivity index (χ2n) is 10.5. The molecule has 0 atom stereocenters. The van der Waals surface area contributed by atoms with E-state index in [4.69, 9.17) is 16.2 Å². The summed E-state index contributed by atoms with van der Waals surface area (Å²) in [5.41, 5.74) is 15.6. The van der Waals surface area contributed by atoms with E-state index in [0.717, 1.165) is 48.2 Å². The number of nitrogens with one attached hydrogen (secondary N) is 1. The summed E-state index contributed by atoms with van der Waals surface area (Å²) in [6, 6.07) is 3.39. The standard InChI is InChI=1S/C25H31FN4O3/c1-25(2)9-19-22(21(31)10-25)16-11-33-12-20(16)30(19)15-7-17(26)23(24(28)32)18(8-15)29-14-5-3-13(27)4-6-14/h7-8,13-14,29H,3-6,9-12,27H2,1-2H3,(H2,28,32). The van der Waals surface area contributed by atoms with E-state index in [1.807, 2.05) is 4.57 Å². The van der Waals surface area contributed by atoms with Crippen molar-refractivity contribution in [2.24, 2.45) is 16.9 Å². The van der Waals surface area contributed by atoms with Crippen molar-refractivity contribution in [2.45, 2.75) is 77.7 Å². The fourth-order valence-electron chi connectivity index (χ4n) is 5.70. The van der Waals surface area contributed by atoms with Crippen molar-refractivity contribution in [2.75, 3.05) is 5.32 Å². The minimum Gasteiger partial charge on any atom is -0.382 e. The van der Waals surface area contributed by atoms with E-state index < -0.39 is 11.7 Å². The van der Waals surface area contributed by atoms with Crippen LogP contribution in [0.5, 0.6) is 0 Å². The number of ether oxygens (including phenoxy) is 1. The first kappa shape index (κ1) is 22.1. The molecule has 2 aliphatic carbocycles. The Morgan fingerprint density at radius 3 is 2.58 bits per heavy atom. The van der Waals surface area contributed by atoms with Crippen LogP contribution in [0.25, 0.3) is 5.69 Å². The second-order valence-corrected chi connectivity index (χ2v) is 10.5. The number of rotatable bonds is 4. The number of amides is 1. The Labute approximate surface area is 192 Å². The van der Waals surface area contributed by atoms with Crippen LogP contribution in [-0.4, -0.2) is 28.3 Å². The lowest BCUT2D eigenvalue weighted by Crippen LogP contribution is -2.33. The molecule has 1 fully saturated rings. The normalized spacial score (nSPS) is 23.8. The Morgan fingerprint density at radius 1 is 1.15 bits per heavy atom. The highest BCUT2D eigenvalue weighted by Crippen LogP contribution is 2.43. The lowest BCUT2D eigenvalue weighted by atomic mass is 9.75. The van der Waals surface area contributed by atoms with Gasteiger partial charge in [0.05, 0.1) is 35.8 Å². The van der Waals surface area contributed by atoms with Crippen molar-refractivity contribution in [3.05, 3.63) is 46.0 Å². The number of carbonyl (C=O) groups is 2. The van der Waals surface area contributed by atoms with Crippen LogP contribution in [-0.2, 0) is 24.4 Å². The molecule has 0 radical (unpaired) electrons. The number of nitrogens with two attached hydrogens (primary N) is 2. The second kappa shape index (κ2) is 7.95. The first-order valence-electron chi connectivity index (χ1n) is 11.7. The predicted molar refractivity (Wildman–Crippen MR) is 123 cm³/mol. The van der Waals surface area contributed by atoms with E-state index >= 15 is 4.39 Å². The van der Waals surface area contributed by atoms with Crippen LogP contribution in [0.3, 0.4) is 0 Å². The summed E-state index contributed by atoms with van der Waals surface area (Å²) < 4.78 is 22.9. The molecule has 1 aromatic carbocycles. The van der Waals surface area contributed by atoms with Crippen molar-refractivity contribution < 1.29 is 18.7 Å². The average molecular weight is 455 g/mol. The number of aromatic nitrogens is 1. The summed E-state index contributed by atoms with van der Waals surface area (Å²) in [4.78, 5) is 25.2. The van der Waals surface area contributed by atoms with Crippen LogP contribution in [0.15, 0.2) is 12.1 Å². The molecule has 0 bridgehead atoms. The third-order valence-electron chi connectivity index (χ3n) is 7.24. The molecule has 7 nitrogen and oxygen atoms in total. The number of benzene rings is 1. The fraction of sp³-hybridized carbons (Fsp3) is 0.520.